The molecule has 0 aromatic heterocycles. The Labute approximate surface area is 315 Å². The molecule has 0 aliphatic carbocycles. The lowest BCUT2D eigenvalue weighted by Crippen LogP contribution is -2.13. The fourth-order valence-electron chi connectivity index (χ4n) is 5.05. The Morgan fingerprint density at radius 2 is 0.712 bits per heavy atom. The van der Waals surface area contributed by atoms with Gasteiger partial charge in [0.05, 0.1) is 52.9 Å². The minimum atomic E-state index is -1.74. The second-order valence-corrected chi connectivity index (χ2v) is 14.8. The zero-order valence-corrected chi connectivity index (χ0v) is 34.2. The van der Waals surface area contributed by atoms with E-state index in [0.29, 0.717) is 77.2 Å². The summed E-state index contributed by atoms with van der Waals surface area (Å²) in [6, 6.07) is 24.3. The van der Waals surface area contributed by atoms with E-state index in [1.165, 1.54) is 0 Å². The molecular formula is C41H62O9P2. The van der Waals surface area contributed by atoms with Gasteiger partial charge in [-0.05, 0) is 78.3 Å². The molecule has 0 aliphatic heterocycles. The van der Waals surface area contributed by atoms with E-state index >= 15 is 0 Å². The third-order valence-electron chi connectivity index (χ3n) is 8.70. The minimum Gasteiger partial charge on any atom is -0.426 e. The van der Waals surface area contributed by atoms with E-state index in [4.69, 9.17) is 41.4 Å². The highest BCUT2D eigenvalue weighted by molar-refractivity contribution is 7.42. The summed E-state index contributed by atoms with van der Waals surface area (Å²) in [6.45, 7) is 19.0. The number of hydrogen-bond acceptors (Lipinski definition) is 9. The van der Waals surface area contributed by atoms with Gasteiger partial charge >= 0.3 is 17.2 Å². The van der Waals surface area contributed by atoms with Crippen molar-refractivity contribution in [1.82, 2.24) is 0 Å². The Morgan fingerprint density at radius 3 is 1.08 bits per heavy atom. The molecule has 4 unspecified atom stereocenters. The normalized spacial score (nSPS) is 14.4. The Morgan fingerprint density at radius 1 is 0.404 bits per heavy atom. The highest BCUT2D eigenvalue weighted by Crippen LogP contribution is 2.46. The molecule has 0 fully saturated rings. The van der Waals surface area contributed by atoms with Crippen molar-refractivity contribution in [3.05, 3.63) is 89.5 Å². The molecule has 0 heterocycles. The van der Waals surface area contributed by atoms with Gasteiger partial charge in [0.1, 0.15) is 17.2 Å². The third-order valence-corrected chi connectivity index (χ3v) is 10.9. The molecule has 0 saturated heterocycles. The van der Waals surface area contributed by atoms with E-state index in [9.17, 15) is 0 Å². The first kappa shape index (κ1) is 44.1. The maximum atomic E-state index is 6.44. The number of benzene rings is 3. The lowest BCUT2D eigenvalue weighted by atomic mass is 9.98. The summed E-state index contributed by atoms with van der Waals surface area (Å²) in [6.07, 6.45) is 3.98. The predicted octanol–water partition coefficient (Wildman–Crippen LogP) is 11.7. The van der Waals surface area contributed by atoms with E-state index in [2.05, 4.69) is 66.7 Å². The number of hydrogen-bond donors (Lipinski definition) is 0. The predicted molar refractivity (Wildman–Crippen MR) is 212 cm³/mol. The van der Waals surface area contributed by atoms with Crippen LogP contribution < -0.4 is 13.6 Å². The lowest BCUT2D eigenvalue weighted by Gasteiger charge is -2.23. The molecule has 0 radical (unpaired) electrons. The molecule has 4 atom stereocenters. The van der Waals surface area contributed by atoms with Crippen LogP contribution in [0.4, 0.5) is 0 Å². The first-order valence-electron chi connectivity index (χ1n) is 18.9. The van der Waals surface area contributed by atoms with Crippen LogP contribution in [0.5, 0.6) is 17.2 Å². The van der Waals surface area contributed by atoms with Crippen molar-refractivity contribution in [2.24, 2.45) is 0 Å². The Balaban J connectivity index is 1.46. The molecule has 0 saturated carbocycles. The van der Waals surface area contributed by atoms with Crippen molar-refractivity contribution < 1.29 is 41.4 Å². The molecule has 9 nitrogen and oxygen atoms in total. The van der Waals surface area contributed by atoms with Gasteiger partial charge in [-0.2, -0.15) is 0 Å². The Kier molecular flexibility index (Phi) is 22.4. The van der Waals surface area contributed by atoms with Crippen LogP contribution in [-0.2, 0) is 27.8 Å². The zero-order valence-electron chi connectivity index (χ0n) is 32.4. The van der Waals surface area contributed by atoms with Gasteiger partial charge in [0, 0.05) is 6.61 Å². The smallest absolute Gasteiger partial charge is 0.426 e. The molecule has 0 spiro atoms. The zero-order chi connectivity index (χ0) is 37.4. The fraction of sp³-hybridized carbons (Fsp3) is 0.561. The standard InChI is InChI=1S/C41H62O9P2/c1-8-24-42-27-30-45-51(48-39-21-15-12-18-36(39)33(5)9-2)46-31-28-43-25-26-44-29-32-47-52(49-40-22-16-13-19-37(40)34(6)10-3)50-41-23-17-14-20-38(41)35(7)11-4/h12-23,33-35H,8-11,24-32H2,1-7H3. The van der Waals surface area contributed by atoms with Crippen molar-refractivity contribution in [1.29, 1.82) is 0 Å². The topological polar surface area (TPSA) is 83.1 Å². The van der Waals surface area contributed by atoms with Crippen LogP contribution >= 0.6 is 17.2 Å². The maximum absolute atomic E-state index is 6.44. The Hall–Kier alpha value is -2.32. The number of ether oxygens (including phenoxy) is 3. The largest absolute Gasteiger partial charge is 0.463 e. The second-order valence-electron chi connectivity index (χ2n) is 12.6. The highest BCUT2D eigenvalue weighted by Gasteiger charge is 2.23. The third kappa shape index (κ3) is 16.0. The molecule has 3 rings (SSSR count). The Bertz CT molecular complexity index is 1310. The van der Waals surface area contributed by atoms with Crippen molar-refractivity contribution in [2.45, 2.75) is 91.9 Å². The molecule has 11 heteroatoms. The van der Waals surface area contributed by atoms with Gasteiger partial charge in [-0.1, -0.05) is 103 Å². The molecule has 0 amide bonds. The highest BCUT2D eigenvalue weighted by atomic mass is 31.2. The van der Waals surface area contributed by atoms with E-state index in [1.807, 2.05) is 54.6 Å². The average molecular weight is 761 g/mol. The first-order valence-corrected chi connectivity index (χ1v) is 21.1. The van der Waals surface area contributed by atoms with E-state index in [-0.39, 0.29) is 0 Å². The van der Waals surface area contributed by atoms with Gasteiger partial charge in [-0.25, -0.2) is 0 Å². The maximum Gasteiger partial charge on any atom is 0.463 e. The summed E-state index contributed by atoms with van der Waals surface area (Å²) in [5.41, 5.74) is 3.42. The van der Waals surface area contributed by atoms with Crippen LogP contribution in [0.25, 0.3) is 0 Å². The monoisotopic (exact) mass is 760 g/mol. The molecule has 0 N–H and O–H groups in total. The minimum absolute atomic E-state index is 0.310. The molecular weight excluding hydrogens is 698 g/mol. The summed E-state index contributed by atoms with van der Waals surface area (Å²) < 4.78 is 54.5. The molecule has 52 heavy (non-hydrogen) atoms. The van der Waals surface area contributed by atoms with Crippen LogP contribution in [0.3, 0.4) is 0 Å². The van der Waals surface area contributed by atoms with Crippen molar-refractivity contribution in [3.63, 3.8) is 0 Å². The molecule has 290 valence electrons. The summed E-state index contributed by atoms with van der Waals surface area (Å²) >= 11 is 0. The quantitative estimate of drug-likeness (QED) is 0.0507. The second kappa shape index (κ2) is 26.5. The van der Waals surface area contributed by atoms with E-state index in [1.54, 1.807) is 0 Å². The van der Waals surface area contributed by atoms with Crippen molar-refractivity contribution in [2.75, 3.05) is 59.5 Å². The van der Waals surface area contributed by atoms with Crippen LogP contribution in [0.1, 0.15) is 109 Å². The summed E-state index contributed by atoms with van der Waals surface area (Å²) in [7, 11) is -3.36. The fourth-order valence-corrected chi connectivity index (χ4v) is 7.03. The molecule has 3 aromatic rings. The van der Waals surface area contributed by atoms with Crippen LogP contribution in [0.15, 0.2) is 72.8 Å². The van der Waals surface area contributed by atoms with Gasteiger partial charge in [-0.15, -0.1) is 0 Å². The van der Waals surface area contributed by atoms with Crippen LogP contribution in [0, 0.1) is 0 Å². The van der Waals surface area contributed by atoms with Gasteiger partial charge in [0.25, 0.3) is 0 Å². The van der Waals surface area contributed by atoms with Crippen LogP contribution in [0.2, 0.25) is 0 Å². The van der Waals surface area contributed by atoms with Crippen molar-refractivity contribution >= 4 is 17.2 Å². The molecule has 0 bridgehead atoms. The summed E-state index contributed by atoms with van der Waals surface area (Å²) in [5, 5.41) is 0. The summed E-state index contributed by atoms with van der Waals surface area (Å²) in [4.78, 5) is 0. The van der Waals surface area contributed by atoms with Crippen molar-refractivity contribution in [3.8, 4) is 17.2 Å². The molecule has 0 aliphatic rings. The average Bonchev–Trinajstić information content (AvgIpc) is 3.17. The SMILES string of the molecule is CCCOCCOP(OCCOCCOCCOP(Oc1ccccc1C(C)CC)Oc1ccccc1C(C)CC)Oc1ccccc1C(C)CC. The van der Waals surface area contributed by atoms with Crippen LogP contribution in [-0.4, -0.2) is 59.5 Å². The van der Waals surface area contributed by atoms with E-state index < -0.39 is 17.2 Å². The lowest BCUT2D eigenvalue weighted by molar-refractivity contribution is 0.0239. The molecule has 3 aromatic carbocycles. The first-order chi connectivity index (χ1) is 25.4. The number of para-hydroxylation sites is 3. The van der Waals surface area contributed by atoms with Gasteiger partial charge in [-0.3, -0.25) is 4.52 Å². The summed E-state index contributed by atoms with van der Waals surface area (Å²) in [5.74, 6) is 3.40. The van der Waals surface area contributed by atoms with E-state index in [0.717, 1.165) is 59.6 Å². The number of rotatable bonds is 29. The van der Waals surface area contributed by atoms with Gasteiger partial charge in [0.15, 0.2) is 0 Å². The van der Waals surface area contributed by atoms with Gasteiger partial charge < -0.3 is 36.8 Å². The van der Waals surface area contributed by atoms with Gasteiger partial charge in [0.2, 0.25) is 0 Å².